The number of aromatic nitrogens is 1. The van der Waals surface area contributed by atoms with Crippen molar-refractivity contribution in [2.45, 2.75) is 52.1 Å². The molecule has 2 rings (SSSR count). The van der Waals surface area contributed by atoms with Crippen molar-refractivity contribution in [2.75, 3.05) is 0 Å². The highest BCUT2D eigenvalue weighted by molar-refractivity contribution is 9.10. The molecule has 3 heteroatoms. The van der Waals surface area contributed by atoms with E-state index in [1.54, 1.807) is 0 Å². The fraction of sp³-hybridized carbons (Fsp3) is 0.643. The molecule has 0 aliphatic heterocycles. The summed E-state index contributed by atoms with van der Waals surface area (Å²) < 4.78 is 7.10. The Labute approximate surface area is 112 Å². The average molecular weight is 298 g/mol. The summed E-state index contributed by atoms with van der Waals surface area (Å²) in [5.41, 5.74) is 1.18. The van der Waals surface area contributed by atoms with Crippen LogP contribution in [-0.4, -0.2) is 11.1 Å². The van der Waals surface area contributed by atoms with E-state index >= 15 is 0 Å². The molecule has 94 valence electrons. The van der Waals surface area contributed by atoms with E-state index in [-0.39, 0.29) is 0 Å². The van der Waals surface area contributed by atoms with Gasteiger partial charge in [-0.15, -0.1) is 0 Å². The molecule has 0 bridgehead atoms. The SMILES string of the molecule is CCC1CCCCC1Oc1cc(C)c(Br)cn1. The van der Waals surface area contributed by atoms with Crippen molar-refractivity contribution in [1.29, 1.82) is 0 Å². The number of hydrogen-bond acceptors (Lipinski definition) is 2. The van der Waals surface area contributed by atoms with E-state index in [0.29, 0.717) is 12.0 Å². The van der Waals surface area contributed by atoms with Crippen molar-refractivity contribution in [1.82, 2.24) is 4.98 Å². The Morgan fingerprint density at radius 3 is 2.88 bits per heavy atom. The number of aryl methyl sites for hydroxylation is 1. The summed E-state index contributed by atoms with van der Waals surface area (Å²) in [6.07, 6.45) is 8.52. The van der Waals surface area contributed by atoms with E-state index in [0.717, 1.165) is 10.4 Å². The number of hydrogen-bond donors (Lipinski definition) is 0. The highest BCUT2D eigenvalue weighted by atomic mass is 79.9. The predicted octanol–water partition coefficient (Wildman–Crippen LogP) is 4.50. The lowest BCUT2D eigenvalue weighted by molar-refractivity contribution is 0.0858. The lowest BCUT2D eigenvalue weighted by atomic mass is 9.85. The normalized spacial score (nSPS) is 24.6. The van der Waals surface area contributed by atoms with Crippen molar-refractivity contribution in [3.8, 4) is 5.88 Å². The summed E-state index contributed by atoms with van der Waals surface area (Å²) in [5.74, 6) is 1.48. The van der Waals surface area contributed by atoms with Crippen molar-refractivity contribution in [3.05, 3.63) is 22.3 Å². The predicted molar refractivity (Wildman–Crippen MR) is 73.3 cm³/mol. The number of pyridine rings is 1. The quantitative estimate of drug-likeness (QED) is 0.819. The summed E-state index contributed by atoms with van der Waals surface area (Å²) in [4.78, 5) is 4.33. The molecule has 0 saturated heterocycles. The number of nitrogens with zero attached hydrogens (tertiary/aromatic N) is 1. The van der Waals surface area contributed by atoms with Crippen LogP contribution in [0.4, 0.5) is 0 Å². The molecule has 1 aliphatic rings. The monoisotopic (exact) mass is 297 g/mol. The Hall–Kier alpha value is -0.570. The molecule has 0 amide bonds. The lowest BCUT2D eigenvalue weighted by Crippen LogP contribution is -2.30. The molecule has 1 fully saturated rings. The molecule has 0 N–H and O–H groups in total. The third-order valence-electron chi connectivity index (χ3n) is 3.66. The third-order valence-corrected chi connectivity index (χ3v) is 4.49. The van der Waals surface area contributed by atoms with Gasteiger partial charge in [0, 0.05) is 16.7 Å². The minimum absolute atomic E-state index is 0.363. The molecule has 0 radical (unpaired) electrons. The molecule has 2 unspecified atom stereocenters. The van der Waals surface area contributed by atoms with Gasteiger partial charge in [-0.05, 0) is 60.0 Å². The Morgan fingerprint density at radius 1 is 1.41 bits per heavy atom. The topological polar surface area (TPSA) is 22.1 Å². The average Bonchev–Trinajstić information content (AvgIpc) is 2.34. The standard InChI is InChI=1S/C14H20BrNO/c1-3-11-6-4-5-7-13(11)17-14-8-10(2)12(15)9-16-14/h8-9,11,13H,3-7H2,1-2H3. The molecule has 0 aromatic carbocycles. The Bertz CT molecular complexity index is 380. The minimum Gasteiger partial charge on any atom is -0.474 e. The van der Waals surface area contributed by atoms with Gasteiger partial charge >= 0.3 is 0 Å². The third kappa shape index (κ3) is 3.21. The first-order valence-electron chi connectivity index (χ1n) is 6.49. The maximum atomic E-state index is 6.06. The molecule has 1 aliphatic carbocycles. The first-order valence-corrected chi connectivity index (χ1v) is 7.28. The molecular weight excluding hydrogens is 278 g/mol. The highest BCUT2D eigenvalue weighted by Crippen LogP contribution is 2.30. The summed E-state index contributed by atoms with van der Waals surface area (Å²) in [7, 11) is 0. The van der Waals surface area contributed by atoms with Crippen molar-refractivity contribution in [3.63, 3.8) is 0 Å². The van der Waals surface area contributed by atoms with Crippen LogP contribution in [0.2, 0.25) is 0 Å². The summed E-state index contributed by atoms with van der Waals surface area (Å²) in [6, 6.07) is 2.02. The molecule has 2 nitrogen and oxygen atoms in total. The second-order valence-electron chi connectivity index (χ2n) is 4.88. The zero-order chi connectivity index (χ0) is 12.3. The van der Waals surface area contributed by atoms with Gasteiger partial charge < -0.3 is 4.74 Å². The fourth-order valence-corrected chi connectivity index (χ4v) is 2.75. The zero-order valence-electron chi connectivity index (χ0n) is 10.6. The van der Waals surface area contributed by atoms with Crippen LogP contribution in [0.25, 0.3) is 0 Å². The van der Waals surface area contributed by atoms with E-state index in [4.69, 9.17) is 4.74 Å². The smallest absolute Gasteiger partial charge is 0.213 e. The van der Waals surface area contributed by atoms with Crippen LogP contribution in [-0.2, 0) is 0 Å². The Kier molecular flexibility index (Phi) is 4.43. The van der Waals surface area contributed by atoms with Gasteiger partial charge in [0.2, 0.25) is 5.88 Å². The van der Waals surface area contributed by atoms with Crippen LogP contribution < -0.4 is 4.74 Å². The molecule has 17 heavy (non-hydrogen) atoms. The first-order chi connectivity index (χ1) is 8.20. The summed E-state index contributed by atoms with van der Waals surface area (Å²) in [6.45, 7) is 4.32. The number of halogens is 1. The van der Waals surface area contributed by atoms with Crippen LogP contribution >= 0.6 is 15.9 Å². The van der Waals surface area contributed by atoms with Crippen LogP contribution in [0.1, 0.15) is 44.6 Å². The van der Waals surface area contributed by atoms with E-state index in [2.05, 4.69) is 34.8 Å². The molecule has 1 aromatic heterocycles. The second-order valence-corrected chi connectivity index (χ2v) is 5.74. The van der Waals surface area contributed by atoms with Gasteiger partial charge in [0.25, 0.3) is 0 Å². The van der Waals surface area contributed by atoms with Gasteiger partial charge in [0.15, 0.2) is 0 Å². The van der Waals surface area contributed by atoms with Gasteiger partial charge in [0.05, 0.1) is 0 Å². The van der Waals surface area contributed by atoms with Crippen LogP contribution in [0.5, 0.6) is 5.88 Å². The van der Waals surface area contributed by atoms with Crippen molar-refractivity contribution in [2.24, 2.45) is 5.92 Å². The number of rotatable bonds is 3. The maximum absolute atomic E-state index is 6.06. The van der Waals surface area contributed by atoms with Gasteiger partial charge in [-0.25, -0.2) is 4.98 Å². The Balaban J connectivity index is 2.05. The second kappa shape index (κ2) is 5.85. The fourth-order valence-electron chi connectivity index (χ4n) is 2.53. The largest absolute Gasteiger partial charge is 0.474 e. The molecule has 1 aromatic rings. The van der Waals surface area contributed by atoms with E-state index in [9.17, 15) is 0 Å². The number of ether oxygens (including phenoxy) is 1. The molecular formula is C14H20BrNO. The van der Waals surface area contributed by atoms with Gasteiger partial charge in [0.1, 0.15) is 6.10 Å². The van der Waals surface area contributed by atoms with Crippen LogP contribution in [0.15, 0.2) is 16.7 Å². The van der Waals surface area contributed by atoms with Crippen molar-refractivity contribution >= 4 is 15.9 Å². The minimum atomic E-state index is 0.363. The van der Waals surface area contributed by atoms with Crippen LogP contribution in [0, 0.1) is 12.8 Å². The maximum Gasteiger partial charge on any atom is 0.213 e. The van der Waals surface area contributed by atoms with E-state index in [1.807, 2.05) is 12.3 Å². The van der Waals surface area contributed by atoms with Gasteiger partial charge in [-0.1, -0.05) is 13.3 Å². The molecule has 1 heterocycles. The van der Waals surface area contributed by atoms with Crippen LogP contribution in [0.3, 0.4) is 0 Å². The van der Waals surface area contributed by atoms with Crippen molar-refractivity contribution < 1.29 is 4.74 Å². The van der Waals surface area contributed by atoms with Gasteiger partial charge in [-0.3, -0.25) is 0 Å². The summed E-state index contributed by atoms with van der Waals surface area (Å²) in [5, 5.41) is 0. The zero-order valence-corrected chi connectivity index (χ0v) is 12.2. The van der Waals surface area contributed by atoms with E-state index in [1.165, 1.54) is 37.7 Å². The van der Waals surface area contributed by atoms with E-state index < -0.39 is 0 Å². The Morgan fingerprint density at radius 2 is 2.18 bits per heavy atom. The molecule has 0 spiro atoms. The highest BCUT2D eigenvalue weighted by Gasteiger charge is 2.25. The van der Waals surface area contributed by atoms with Gasteiger partial charge in [-0.2, -0.15) is 0 Å². The summed E-state index contributed by atoms with van der Waals surface area (Å²) >= 11 is 3.46. The molecule has 2 atom stereocenters. The molecule has 1 saturated carbocycles. The first kappa shape index (κ1) is 12.9. The lowest BCUT2D eigenvalue weighted by Gasteiger charge is -2.30.